The van der Waals surface area contributed by atoms with E-state index in [9.17, 15) is 17.6 Å². The molecule has 1 nitrogen and oxygen atoms in total. The fourth-order valence-corrected chi connectivity index (χ4v) is 1.30. The van der Waals surface area contributed by atoms with Gasteiger partial charge in [0.25, 0.3) is 0 Å². The third-order valence-electron chi connectivity index (χ3n) is 1.82. The first-order valence-corrected chi connectivity index (χ1v) is 4.44. The van der Waals surface area contributed by atoms with Crippen LogP contribution in [0, 0.1) is 5.82 Å². The second kappa shape index (κ2) is 4.37. The van der Waals surface area contributed by atoms with Crippen molar-refractivity contribution in [3.63, 3.8) is 0 Å². The summed E-state index contributed by atoms with van der Waals surface area (Å²) in [5, 5.41) is -0.231. The standard InChI is InChI=1S/C9H8ClF4N/c10-6-3-5(1-2-7(6)11)8(15)4-9(12,13)14/h1-3,8H,4,15H2/t8-/m0/s1. The molecule has 0 bridgehead atoms. The van der Waals surface area contributed by atoms with E-state index in [-0.39, 0.29) is 10.6 Å². The van der Waals surface area contributed by atoms with Crippen LogP contribution in [0.25, 0.3) is 0 Å². The van der Waals surface area contributed by atoms with Crippen molar-refractivity contribution in [2.45, 2.75) is 18.6 Å². The van der Waals surface area contributed by atoms with Crippen LogP contribution < -0.4 is 5.73 Å². The van der Waals surface area contributed by atoms with Crippen molar-refractivity contribution >= 4 is 11.6 Å². The maximum Gasteiger partial charge on any atom is 0.390 e. The number of rotatable bonds is 2. The highest BCUT2D eigenvalue weighted by Gasteiger charge is 2.31. The molecule has 1 aromatic carbocycles. The first kappa shape index (κ1) is 12.3. The zero-order valence-electron chi connectivity index (χ0n) is 7.48. The number of hydrogen-bond donors (Lipinski definition) is 1. The van der Waals surface area contributed by atoms with Crippen LogP contribution in [0.4, 0.5) is 17.6 Å². The molecule has 1 aromatic rings. The van der Waals surface area contributed by atoms with Crippen LogP contribution in [-0.4, -0.2) is 6.18 Å². The van der Waals surface area contributed by atoms with Gasteiger partial charge < -0.3 is 5.73 Å². The van der Waals surface area contributed by atoms with Crippen molar-refractivity contribution < 1.29 is 17.6 Å². The van der Waals surface area contributed by atoms with E-state index in [2.05, 4.69) is 0 Å². The highest BCUT2D eigenvalue weighted by molar-refractivity contribution is 6.30. The molecule has 0 saturated carbocycles. The zero-order chi connectivity index (χ0) is 11.6. The summed E-state index contributed by atoms with van der Waals surface area (Å²) in [4.78, 5) is 0. The Labute approximate surface area is 88.8 Å². The summed E-state index contributed by atoms with van der Waals surface area (Å²) in [7, 11) is 0. The van der Waals surface area contributed by atoms with E-state index < -0.39 is 24.5 Å². The van der Waals surface area contributed by atoms with Crippen LogP contribution in [0.1, 0.15) is 18.0 Å². The minimum atomic E-state index is -4.35. The molecule has 0 radical (unpaired) electrons. The first-order chi connectivity index (χ1) is 6.79. The Kier molecular flexibility index (Phi) is 3.57. The van der Waals surface area contributed by atoms with Gasteiger partial charge in [0.05, 0.1) is 11.4 Å². The smallest absolute Gasteiger partial charge is 0.324 e. The number of nitrogens with two attached hydrogens (primary N) is 1. The molecule has 6 heteroatoms. The molecule has 84 valence electrons. The van der Waals surface area contributed by atoms with Gasteiger partial charge in [-0.05, 0) is 17.7 Å². The van der Waals surface area contributed by atoms with E-state index in [0.29, 0.717) is 0 Å². The van der Waals surface area contributed by atoms with Crippen molar-refractivity contribution in [1.82, 2.24) is 0 Å². The van der Waals surface area contributed by atoms with Gasteiger partial charge in [-0.15, -0.1) is 0 Å². The van der Waals surface area contributed by atoms with Gasteiger partial charge >= 0.3 is 6.18 Å². The van der Waals surface area contributed by atoms with Crippen molar-refractivity contribution in [3.05, 3.63) is 34.6 Å². The fourth-order valence-electron chi connectivity index (χ4n) is 1.11. The predicted molar refractivity (Wildman–Crippen MR) is 49.0 cm³/mol. The summed E-state index contributed by atoms with van der Waals surface area (Å²) in [6.45, 7) is 0. The van der Waals surface area contributed by atoms with Crippen LogP contribution in [-0.2, 0) is 0 Å². The van der Waals surface area contributed by atoms with Gasteiger partial charge in [-0.3, -0.25) is 0 Å². The van der Waals surface area contributed by atoms with Crippen molar-refractivity contribution in [3.8, 4) is 0 Å². The summed E-state index contributed by atoms with van der Waals surface area (Å²) >= 11 is 5.42. The van der Waals surface area contributed by atoms with Crippen molar-refractivity contribution in [1.29, 1.82) is 0 Å². The van der Waals surface area contributed by atoms with Crippen LogP contribution in [0.3, 0.4) is 0 Å². The lowest BCUT2D eigenvalue weighted by atomic mass is 10.0. The largest absolute Gasteiger partial charge is 0.390 e. The molecule has 0 aliphatic carbocycles. The maximum atomic E-state index is 12.7. The molecule has 2 N–H and O–H groups in total. The lowest BCUT2D eigenvalue weighted by Gasteiger charge is -2.14. The van der Waals surface area contributed by atoms with E-state index in [0.717, 1.165) is 12.1 Å². The van der Waals surface area contributed by atoms with Gasteiger partial charge in [-0.2, -0.15) is 13.2 Å². The van der Waals surface area contributed by atoms with Gasteiger partial charge in [0.2, 0.25) is 0 Å². The Balaban J connectivity index is 2.83. The predicted octanol–water partition coefficient (Wildman–Crippen LogP) is 3.43. The lowest BCUT2D eigenvalue weighted by molar-refractivity contribution is -0.138. The maximum absolute atomic E-state index is 12.7. The topological polar surface area (TPSA) is 26.0 Å². The third kappa shape index (κ3) is 3.68. The molecule has 0 aliphatic rings. The van der Waals surface area contributed by atoms with Crippen molar-refractivity contribution in [2.24, 2.45) is 5.73 Å². The summed E-state index contributed by atoms with van der Waals surface area (Å²) in [5.74, 6) is -0.681. The van der Waals surface area contributed by atoms with E-state index in [1.54, 1.807) is 0 Å². The molecule has 1 rings (SSSR count). The molecule has 0 saturated heterocycles. The Hall–Kier alpha value is -0.810. The molecule has 15 heavy (non-hydrogen) atoms. The quantitative estimate of drug-likeness (QED) is 0.789. The average molecular weight is 242 g/mol. The molecule has 0 amide bonds. The highest BCUT2D eigenvalue weighted by Crippen LogP contribution is 2.29. The van der Waals surface area contributed by atoms with Gasteiger partial charge in [0, 0.05) is 6.04 Å². The summed E-state index contributed by atoms with van der Waals surface area (Å²) in [5.41, 5.74) is 5.46. The molecule has 0 aromatic heterocycles. The Morgan fingerprint density at radius 2 is 1.93 bits per heavy atom. The summed E-state index contributed by atoms with van der Waals surface area (Å²) < 4.78 is 48.7. The lowest BCUT2D eigenvalue weighted by Crippen LogP contribution is -2.20. The van der Waals surface area contributed by atoms with E-state index in [4.69, 9.17) is 17.3 Å². The second-order valence-electron chi connectivity index (χ2n) is 3.10. The van der Waals surface area contributed by atoms with Gasteiger partial charge in [0.15, 0.2) is 0 Å². The van der Waals surface area contributed by atoms with Gasteiger partial charge in [0.1, 0.15) is 5.82 Å². The normalized spacial score (nSPS) is 14.0. The minimum Gasteiger partial charge on any atom is -0.324 e. The monoisotopic (exact) mass is 241 g/mol. The second-order valence-corrected chi connectivity index (χ2v) is 3.51. The Morgan fingerprint density at radius 1 is 1.33 bits per heavy atom. The zero-order valence-corrected chi connectivity index (χ0v) is 8.24. The Bertz CT molecular complexity index is 350. The van der Waals surface area contributed by atoms with Crippen LogP contribution in [0.5, 0.6) is 0 Å². The SMILES string of the molecule is N[C@@H](CC(F)(F)F)c1ccc(F)c(Cl)c1. The summed E-state index contributed by atoms with van der Waals surface area (Å²) in [6.07, 6.45) is -5.50. The van der Waals surface area contributed by atoms with Crippen LogP contribution >= 0.6 is 11.6 Å². The van der Waals surface area contributed by atoms with Gasteiger partial charge in [-0.25, -0.2) is 4.39 Å². The number of halogens is 5. The fraction of sp³-hybridized carbons (Fsp3) is 0.333. The Morgan fingerprint density at radius 3 is 2.40 bits per heavy atom. The highest BCUT2D eigenvalue weighted by atomic mass is 35.5. The molecule has 1 atom stereocenters. The number of benzene rings is 1. The average Bonchev–Trinajstić information content (AvgIpc) is 2.06. The van der Waals surface area contributed by atoms with Crippen molar-refractivity contribution in [2.75, 3.05) is 0 Å². The first-order valence-electron chi connectivity index (χ1n) is 4.07. The van der Waals surface area contributed by atoms with E-state index >= 15 is 0 Å². The van der Waals surface area contributed by atoms with Crippen LogP contribution in [0.2, 0.25) is 5.02 Å². The number of hydrogen-bond acceptors (Lipinski definition) is 1. The molecule has 0 unspecified atom stereocenters. The minimum absolute atomic E-state index is 0.165. The van der Waals surface area contributed by atoms with Gasteiger partial charge in [-0.1, -0.05) is 17.7 Å². The van der Waals surface area contributed by atoms with Crippen LogP contribution in [0.15, 0.2) is 18.2 Å². The van der Waals surface area contributed by atoms with E-state index in [1.165, 1.54) is 6.07 Å². The molecule has 0 spiro atoms. The summed E-state index contributed by atoms with van der Waals surface area (Å²) in [6, 6.07) is 2.07. The molecule has 0 aliphatic heterocycles. The molecular weight excluding hydrogens is 234 g/mol. The number of alkyl halides is 3. The van der Waals surface area contributed by atoms with E-state index in [1.807, 2.05) is 0 Å². The molecular formula is C9H8ClF4N. The molecule has 0 fully saturated rings. The third-order valence-corrected chi connectivity index (χ3v) is 2.11. The molecule has 0 heterocycles.